The minimum absolute atomic E-state index is 0.00570. The zero-order chi connectivity index (χ0) is 49.9. The lowest BCUT2D eigenvalue weighted by Crippen LogP contribution is -2.45. The van der Waals surface area contributed by atoms with Crippen LogP contribution < -0.4 is 10.2 Å². The first-order valence-corrected chi connectivity index (χ1v) is 30.8. The third-order valence-electron chi connectivity index (χ3n) is 13.3. The molecule has 1 amide bonds. The molecular weight excluding hydrogens is 864 g/mol. The quantitative estimate of drug-likeness (QED) is 0.0272. The summed E-state index contributed by atoms with van der Waals surface area (Å²) < 4.78 is 23.2. The Balaban J connectivity index is 3.83. The molecule has 68 heavy (non-hydrogen) atoms. The van der Waals surface area contributed by atoms with Gasteiger partial charge in [0.2, 0.25) is 5.91 Å². The number of nitrogens with zero attached hydrogens (tertiary/aromatic N) is 1. The van der Waals surface area contributed by atoms with Gasteiger partial charge in [0.1, 0.15) is 13.2 Å². The Morgan fingerprint density at radius 1 is 0.500 bits per heavy atom. The van der Waals surface area contributed by atoms with Crippen molar-refractivity contribution in [2.24, 2.45) is 0 Å². The molecule has 8 nitrogen and oxygen atoms in total. The predicted molar refractivity (Wildman–Crippen MR) is 293 cm³/mol. The summed E-state index contributed by atoms with van der Waals surface area (Å²) in [4.78, 5) is 25.3. The van der Waals surface area contributed by atoms with Gasteiger partial charge in [-0.3, -0.25) is 9.36 Å². The number of aliphatic hydroxyl groups excluding tert-OH is 1. The van der Waals surface area contributed by atoms with Crippen molar-refractivity contribution in [2.75, 3.05) is 40.9 Å². The van der Waals surface area contributed by atoms with Crippen LogP contribution in [0.15, 0.2) is 36.5 Å². The van der Waals surface area contributed by atoms with Gasteiger partial charge in [-0.2, -0.15) is 0 Å². The molecule has 0 saturated carbocycles. The Morgan fingerprint density at radius 2 is 0.824 bits per heavy atom. The third kappa shape index (κ3) is 52.5. The number of carbonyl (C=O) groups is 1. The van der Waals surface area contributed by atoms with E-state index in [0.717, 1.165) is 38.5 Å². The zero-order valence-corrected chi connectivity index (χ0v) is 46.7. The Kier molecular flexibility index (Phi) is 49.7. The van der Waals surface area contributed by atoms with E-state index in [1.54, 1.807) is 6.08 Å². The standard InChI is InChI=1S/C59H115N2O6P/c1-6-8-10-12-14-16-17-18-19-20-21-22-23-24-25-26-27-28-29-30-31-32-33-34-35-36-37-38-39-40-41-42-43-45-47-49-51-53-59(63)60-57(56-67-68(64,65)66-55-54-61(3,4)5)58(62)52-50-48-46-44-15-13-11-9-7-2/h15,28-29,44,50,52,57-58,62H,6-14,16-27,30-43,45-49,51,53-56H2,1-5H3,(H-,60,63,64,65)/b29-28-,44-15+,52-50+. The number of allylic oxidation sites excluding steroid dienone is 5. The Labute approximate surface area is 423 Å². The number of amides is 1. The van der Waals surface area contributed by atoms with E-state index in [9.17, 15) is 19.4 Å². The molecule has 2 N–H and O–H groups in total. The molecule has 402 valence electrons. The second kappa shape index (κ2) is 50.7. The van der Waals surface area contributed by atoms with Crippen molar-refractivity contribution in [3.8, 4) is 0 Å². The number of phosphoric ester groups is 1. The zero-order valence-electron chi connectivity index (χ0n) is 45.8. The maximum Gasteiger partial charge on any atom is 0.268 e. The maximum absolute atomic E-state index is 12.9. The summed E-state index contributed by atoms with van der Waals surface area (Å²) in [5.41, 5.74) is 0. The van der Waals surface area contributed by atoms with E-state index < -0.39 is 26.6 Å². The summed E-state index contributed by atoms with van der Waals surface area (Å²) in [7, 11) is 1.25. The van der Waals surface area contributed by atoms with Crippen molar-refractivity contribution >= 4 is 13.7 Å². The fourth-order valence-corrected chi connectivity index (χ4v) is 9.42. The van der Waals surface area contributed by atoms with E-state index in [-0.39, 0.29) is 12.5 Å². The number of hydrogen-bond donors (Lipinski definition) is 2. The molecule has 0 heterocycles. The molecule has 0 radical (unpaired) electrons. The van der Waals surface area contributed by atoms with Gasteiger partial charge in [-0.05, 0) is 57.8 Å². The van der Waals surface area contributed by atoms with E-state index in [4.69, 9.17) is 9.05 Å². The summed E-state index contributed by atoms with van der Waals surface area (Å²) >= 11 is 0. The van der Waals surface area contributed by atoms with E-state index in [2.05, 4.69) is 43.5 Å². The van der Waals surface area contributed by atoms with Crippen LogP contribution in [0.5, 0.6) is 0 Å². The average molecular weight is 980 g/mol. The molecule has 0 fully saturated rings. The molecule has 0 rings (SSSR count). The molecule has 9 heteroatoms. The molecule has 0 aromatic heterocycles. The van der Waals surface area contributed by atoms with Crippen LogP contribution in [0.2, 0.25) is 0 Å². The second-order valence-corrected chi connectivity index (χ2v) is 22.8. The first-order valence-electron chi connectivity index (χ1n) is 29.4. The van der Waals surface area contributed by atoms with Crippen LogP contribution in [0.4, 0.5) is 0 Å². The van der Waals surface area contributed by atoms with Gasteiger partial charge >= 0.3 is 0 Å². The van der Waals surface area contributed by atoms with Crippen molar-refractivity contribution < 1.29 is 32.9 Å². The second-order valence-electron chi connectivity index (χ2n) is 21.3. The monoisotopic (exact) mass is 979 g/mol. The lowest BCUT2D eigenvalue weighted by molar-refractivity contribution is -0.870. The minimum atomic E-state index is -4.59. The molecule has 3 unspecified atom stereocenters. The van der Waals surface area contributed by atoms with Gasteiger partial charge in [0.25, 0.3) is 7.82 Å². The third-order valence-corrected chi connectivity index (χ3v) is 14.3. The van der Waals surface area contributed by atoms with Crippen molar-refractivity contribution in [1.29, 1.82) is 0 Å². The van der Waals surface area contributed by atoms with Crippen LogP contribution >= 0.6 is 7.82 Å². The van der Waals surface area contributed by atoms with E-state index in [1.165, 1.54) is 225 Å². The number of nitrogens with one attached hydrogen (secondary N) is 1. The Hall–Kier alpha value is -1.28. The number of rotatable bonds is 54. The van der Waals surface area contributed by atoms with Crippen LogP contribution in [-0.2, 0) is 18.4 Å². The largest absolute Gasteiger partial charge is 0.756 e. The Morgan fingerprint density at radius 3 is 1.22 bits per heavy atom. The smallest absolute Gasteiger partial charge is 0.268 e. The van der Waals surface area contributed by atoms with Crippen molar-refractivity contribution in [1.82, 2.24) is 5.32 Å². The molecule has 0 aliphatic rings. The predicted octanol–water partition coefficient (Wildman–Crippen LogP) is 17.1. The SMILES string of the molecule is CCCCC/C=C/CC/C=C/C(O)C(COP(=O)([O-])OCC[N+](C)(C)C)NC(=O)CCCCCCCCCCCCCCCCCCC/C=C\CCCCCCCCCCCCCCCCCC. The molecule has 0 saturated heterocycles. The van der Waals surface area contributed by atoms with Gasteiger partial charge in [0.05, 0.1) is 39.9 Å². The number of quaternary nitrogens is 1. The fraction of sp³-hybridized carbons (Fsp3) is 0.881. The van der Waals surface area contributed by atoms with Gasteiger partial charge < -0.3 is 28.8 Å². The number of unbranched alkanes of at least 4 members (excludes halogenated alkanes) is 37. The molecule has 0 aliphatic carbocycles. The molecular formula is C59H115N2O6P. The van der Waals surface area contributed by atoms with Crippen LogP contribution in [0.1, 0.15) is 284 Å². The van der Waals surface area contributed by atoms with Gasteiger partial charge in [-0.15, -0.1) is 0 Å². The highest BCUT2D eigenvalue weighted by Crippen LogP contribution is 2.38. The summed E-state index contributed by atoms with van der Waals surface area (Å²) in [6.07, 6.45) is 65.7. The van der Waals surface area contributed by atoms with Gasteiger partial charge in [0, 0.05) is 6.42 Å². The molecule has 0 aromatic rings. The molecule has 0 aliphatic heterocycles. The highest BCUT2D eigenvalue weighted by Gasteiger charge is 2.23. The molecule has 3 atom stereocenters. The number of phosphoric acid groups is 1. The maximum atomic E-state index is 12.9. The number of carbonyl (C=O) groups excluding carboxylic acids is 1. The molecule has 0 aromatic carbocycles. The topological polar surface area (TPSA) is 108 Å². The fourth-order valence-electron chi connectivity index (χ4n) is 8.70. The van der Waals surface area contributed by atoms with Gasteiger partial charge in [0.15, 0.2) is 0 Å². The number of hydrogen-bond acceptors (Lipinski definition) is 6. The summed E-state index contributed by atoms with van der Waals surface area (Å²) in [6, 6.07) is -0.900. The highest BCUT2D eigenvalue weighted by atomic mass is 31.2. The normalized spacial score (nSPS) is 14.2. The first kappa shape index (κ1) is 66.7. The van der Waals surface area contributed by atoms with Crippen LogP contribution in [0.3, 0.4) is 0 Å². The number of likely N-dealkylation sites (N-methyl/N-ethyl adjacent to an activating group) is 1. The van der Waals surface area contributed by atoms with E-state index >= 15 is 0 Å². The highest BCUT2D eigenvalue weighted by molar-refractivity contribution is 7.45. The summed E-state index contributed by atoms with van der Waals surface area (Å²) in [5, 5.41) is 13.7. The Bertz CT molecular complexity index is 1200. The summed E-state index contributed by atoms with van der Waals surface area (Å²) in [6.45, 7) is 4.59. The number of aliphatic hydroxyl groups is 1. The lowest BCUT2D eigenvalue weighted by atomic mass is 10.0. The van der Waals surface area contributed by atoms with Crippen molar-refractivity contribution in [3.63, 3.8) is 0 Å². The first-order chi connectivity index (χ1) is 33.0. The summed E-state index contributed by atoms with van der Waals surface area (Å²) in [5.74, 6) is -0.207. The van der Waals surface area contributed by atoms with Gasteiger partial charge in [-0.1, -0.05) is 256 Å². The average Bonchev–Trinajstić information content (AvgIpc) is 3.30. The molecule has 0 spiro atoms. The van der Waals surface area contributed by atoms with E-state index in [0.29, 0.717) is 17.4 Å². The van der Waals surface area contributed by atoms with Crippen molar-refractivity contribution in [3.05, 3.63) is 36.5 Å². The minimum Gasteiger partial charge on any atom is -0.756 e. The lowest BCUT2D eigenvalue weighted by Gasteiger charge is -2.29. The molecule has 0 bridgehead atoms. The van der Waals surface area contributed by atoms with Crippen LogP contribution in [-0.4, -0.2) is 68.5 Å². The van der Waals surface area contributed by atoms with Crippen LogP contribution in [0, 0.1) is 0 Å². The van der Waals surface area contributed by atoms with E-state index in [1.807, 2.05) is 27.2 Å². The van der Waals surface area contributed by atoms with Crippen LogP contribution in [0.25, 0.3) is 0 Å². The van der Waals surface area contributed by atoms with Crippen molar-refractivity contribution in [2.45, 2.75) is 296 Å². The van der Waals surface area contributed by atoms with Gasteiger partial charge in [-0.25, -0.2) is 0 Å².